The molecule has 5 nitrogen and oxygen atoms in total. The number of hydrogen-bond donors (Lipinski definition) is 1. The average molecular weight is 334 g/mol. The minimum atomic E-state index is -0.857. The SMILES string of the molecule is CC(=O)c1cnc(NC(=O)c2cc(F)c(Cl)nc2Cl)s1. The molecule has 0 saturated carbocycles. The highest BCUT2D eigenvalue weighted by Crippen LogP contribution is 2.23. The number of Topliss-reactive ketones (excluding diaryl/α,β-unsaturated/α-hetero) is 1. The summed E-state index contributed by atoms with van der Waals surface area (Å²) in [5.74, 6) is -1.72. The van der Waals surface area contributed by atoms with Crippen LogP contribution in [0.15, 0.2) is 12.3 Å². The highest BCUT2D eigenvalue weighted by atomic mass is 35.5. The Morgan fingerprint density at radius 1 is 1.35 bits per heavy atom. The van der Waals surface area contributed by atoms with Gasteiger partial charge in [0.15, 0.2) is 21.9 Å². The van der Waals surface area contributed by atoms with Gasteiger partial charge in [0.25, 0.3) is 5.91 Å². The van der Waals surface area contributed by atoms with Gasteiger partial charge in [-0.05, 0) is 6.07 Å². The molecular formula is C11H6Cl2FN3O2S. The molecule has 0 atom stereocenters. The predicted molar refractivity (Wildman–Crippen MR) is 74.3 cm³/mol. The number of hydrogen-bond acceptors (Lipinski definition) is 5. The van der Waals surface area contributed by atoms with Gasteiger partial charge in [-0.15, -0.1) is 0 Å². The highest BCUT2D eigenvalue weighted by molar-refractivity contribution is 7.17. The van der Waals surface area contributed by atoms with Gasteiger partial charge in [-0.3, -0.25) is 14.9 Å². The summed E-state index contributed by atoms with van der Waals surface area (Å²) in [5.41, 5.74) is -0.173. The highest BCUT2D eigenvalue weighted by Gasteiger charge is 2.17. The Bertz CT molecular complexity index is 705. The molecule has 0 aliphatic carbocycles. The zero-order valence-electron chi connectivity index (χ0n) is 9.91. The molecule has 0 aliphatic heterocycles. The molecule has 20 heavy (non-hydrogen) atoms. The molecule has 0 aliphatic rings. The third-order valence-corrected chi connectivity index (χ3v) is 3.77. The van der Waals surface area contributed by atoms with Crippen LogP contribution < -0.4 is 5.32 Å². The summed E-state index contributed by atoms with van der Waals surface area (Å²) in [6.45, 7) is 1.38. The van der Waals surface area contributed by atoms with Crippen molar-refractivity contribution in [2.45, 2.75) is 6.92 Å². The van der Waals surface area contributed by atoms with Gasteiger partial charge in [0, 0.05) is 6.92 Å². The quantitative estimate of drug-likeness (QED) is 0.689. The van der Waals surface area contributed by atoms with Crippen molar-refractivity contribution in [1.82, 2.24) is 9.97 Å². The monoisotopic (exact) mass is 333 g/mol. The molecule has 1 amide bonds. The van der Waals surface area contributed by atoms with E-state index in [1.54, 1.807) is 0 Å². The Labute approximate surface area is 126 Å². The van der Waals surface area contributed by atoms with E-state index >= 15 is 0 Å². The fourth-order valence-corrected chi connectivity index (χ4v) is 2.38. The second-order valence-corrected chi connectivity index (χ2v) is 5.39. The van der Waals surface area contributed by atoms with Gasteiger partial charge in [0.2, 0.25) is 0 Å². The number of carbonyl (C=O) groups is 2. The van der Waals surface area contributed by atoms with E-state index in [0.29, 0.717) is 4.88 Å². The maximum atomic E-state index is 13.3. The summed E-state index contributed by atoms with van der Waals surface area (Å²) in [6, 6.07) is 0.881. The number of rotatable bonds is 3. The zero-order valence-corrected chi connectivity index (χ0v) is 12.2. The number of nitrogens with one attached hydrogen (secondary N) is 1. The molecule has 0 radical (unpaired) electrons. The van der Waals surface area contributed by atoms with Gasteiger partial charge >= 0.3 is 0 Å². The van der Waals surface area contributed by atoms with Crippen LogP contribution in [0.3, 0.4) is 0 Å². The number of nitrogens with zero attached hydrogens (tertiary/aromatic N) is 2. The zero-order chi connectivity index (χ0) is 14.9. The molecule has 0 saturated heterocycles. The maximum Gasteiger partial charge on any atom is 0.260 e. The number of carbonyl (C=O) groups excluding carboxylic acids is 2. The lowest BCUT2D eigenvalue weighted by molar-refractivity contribution is 0.101. The average Bonchev–Trinajstić information content (AvgIpc) is 2.82. The summed E-state index contributed by atoms with van der Waals surface area (Å²) < 4.78 is 13.3. The van der Waals surface area contributed by atoms with E-state index < -0.39 is 16.9 Å². The van der Waals surface area contributed by atoms with Gasteiger partial charge in [0.1, 0.15) is 5.15 Å². The molecular weight excluding hydrogens is 328 g/mol. The number of amides is 1. The molecule has 2 rings (SSSR count). The Balaban J connectivity index is 2.23. The van der Waals surface area contributed by atoms with Crippen molar-refractivity contribution in [1.29, 1.82) is 0 Å². The molecule has 0 fully saturated rings. The number of thiazole rings is 1. The number of halogens is 3. The minimum Gasteiger partial charge on any atom is -0.298 e. The van der Waals surface area contributed by atoms with Gasteiger partial charge in [-0.2, -0.15) is 0 Å². The van der Waals surface area contributed by atoms with Crippen molar-refractivity contribution in [3.8, 4) is 0 Å². The van der Waals surface area contributed by atoms with Crippen LogP contribution in [0.1, 0.15) is 27.0 Å². The maximum absolute atomic E-state index is 13.3. The van der Waals surface area contributed by atoms with Crippen LogP contribution in [0.2, 0.25) is 10.3 Å². The molecule has 104 valence electrons. The fourth-order valence-electron chi connectivity index (χ4n) is 1.26. The number of ketones is 1. The predicted octanol–water partition coefficient (Wildman–Crippen LogP) is 3.44. The van der Waals surface area contributed by atoms with Crippen molar-refractivity contribution in [2.24, 2.45) is 0 Å². The summed E-state index contributed by atoms with van der Waals surface area (Å²) >= 11 is 12.2. The van der Waals surface area contributed by atoms with E-state index in [1.165, 1.54) is 13.1 Å². The van der Waals surface area contributed by atoms with E-state index in [1.807, 2.05) is 0 Å². The largest absolute Gasteiger partial charge is 0.298 e. The standard InChI is InChI=1S/C11H6Cl2FN3O2S/c1-4(18)7-3-15-11(20-7)17-10(19)5-2-6(14)9(13)16-8(5)12/h2-3H,1H3,(H,15,17,19). The lowest BCUT2D eigenvalue weighted by Gasteiger charge is -2.04. The van der Waals surface area contributed by atoms with Gasteiger partial charge < -0.3 is 0 Å². The van der Waals surface area contributed by atoms with Crippen LogP contribution in [-0.2, 0) is 0 Å². The van der Waals surface area contributed by atoms with Crippen LogP contribution in [0.4, 0.5) is 9.52 Å². The number of anilines is 1. The summed E-state index contributed by atoms with van der Waals surface area (Å²) in [4.78, 5) is 30.8. The third-order valence-electron chi connectivity index (χ3n) is 2.20. The van der Waals surface area contributed by atoms with Crippen molar-refractivity contribution < 1.29 is 14.0 Å². The van der Waals surface area contributed by atoms with Crippen molar-refractivity contribution in [3.05, 3.63) is 38.8 Å². The van der Waals surface area contributed by atoms with Crippen molar-refractivity contribution in [3.63, 3.8) is 0 Å². The third kappa shape index (κ3) is 3.12. The number of aromatic nitrogens is 2. The number of pyridine rings is 1. The Morgan fingerprint density at radius 2 is 2.05 bits per heavy atom. The molecule has 2 aromatic rings. The first kappa shape index (κ1) is 14.8. The van der Waals surface area contributed by atoms with E-state index in [4.69, 9.17) is 23.2 Å². The first-order valence-electron chi connectivity index (χ1n) is 5.18. The first-order valence-corrected chi connectivity index (χ1v) is 6.75. The van der Waals surface area contributed by atoms with Gasteiger partial charge in [-0.25, -0.2) is 14.4 Å². The van der Waals surface area contributed by atoms with Crippen LogP contribution >= 0.6 is 34.5 Å². The van der Waals surface area contributed by atoms with Crippen LogP contribution in [0.25, 0.3) is 0 Å². The molecule has 2 heterocycles. The second-order valence-electron chi connectivity index (χ2n) is 3.64. The lowest BCUT2D eigenvalue weighted by atomic mass is 10.2. The van der Waals surface area contributed by atoms with Gasteiger partial charge in [-0.1, -0.05) is 34.5 Å². The first-order chi connectivity index (χ1) is 9.38. The van der Waals surface area contributed by atoms with Crippen LogP contribution in [0, 0.1) is 5.82 Å². The van der Waals surface area contributed by atoms with E-state index in [-0.39, 0.29) is 21.6 Å². The Kier molecular flexibility index (Phi) is 4.32. The van der Waals surface area contributed by atoms with Gasteiger partial charge in [0.05, 0.1) is 16.6 Å². The van der Waals surface area contributed by atoms with E-state index in [2.05, 4.69) is 15.3 Å². The Hall–Kier alpha value is -1.57. The molecule has 0 unspecified atom stereocenters. The van der Waals surface area contributed by atoms with Crippen LogP contribution in [-0.4, -0.2) is 21.7 Å². The molecule has 1 N–H and O–H groups in total. The van der Waals surface area contributed by atoms with Crippen LogP contribution in [0.5, 0.6) is 0 Å². The lowest BCUT2D eigenvalue weighted by Crippen LogP contribution is -2.13. The van der Waals surface area contributed by atoms with Crippen molar-refractivity contribution in [2.75, 3.05) is 5.32 Å². The van der Waals surface area contributed by atoms with E-state index in [9.17, 15) is 14.0 Å². The molecule has 9 heteroatoms. The summed E-state index contributed by atoms with van der Waals surface area (Å²) in [6.07, 6.45) is 1.34. The summed E-state index contributed by atoms with van der Waals surface area (Å²) in [7, 11) is 0. The molecule has 0 spiro atoms. The normalized spacial score (nSPS) is 10.4. The Morgan fingerprint density at radius 3 is 2.65 bits per heavy atom. The fraction of sp³-hybridized carbons (Fsp3) is 0.0909. The van der Waals surface area contributed by atoms with E-state index in [0.717, 1.165) is 17.4 Å². The molecule has 2 aromatic heterocycles. The van der Waals surface area contributed by atoms with Crippen molar-refractivity contribution >= 4 is 51.4 Å². The topological polar surface area (TPSA) is 72.0 Å². The smallest absolute Gasteiger partial charge is 0.260 e. The molecule has 0 bridgehead atoms. The second kappa shape index (κ2) is 5.82. The minimum absolute atomic E-state index is 0.166. The molecule has 0 aromatic carbocycles. The summed E-state index contributed by atoms with van der Waals surface area (Å²) in [5, 5.41) is 1.96.